The molecule has 2 aromatic carbocycles. The molecule has 2 rings (SSSR count). The molecule has 0 atom stereocenters. The predicted octanol–water partition coefficient (Wildman–Crippen LogP) is 4.25. The Morgan fingerprint density at radius 3 is 2.64 bits per heavy atom. The highest BCUT2D eigenvalue weighted by molar-refractivity contribution is 6.36. The number of nitrogens with one attached hydrogen (secondary N) is 2. The summed E-state index contributed by atoms with van der Waals surface area (Å²) in [5, 5.41) is 6.63. The first-order valence-corrected chi connectivity index (χ1v) is 7.51. The Kier molecular flexibility index (Phi) is 6.19. The molecule has 0 radical (unpaired) electrons. The van der Waals surface area contributed by atoms with Gasteiger partial charge in [-0.05, 0) is 24.3 Å². The van der Waals surface area contributed by atoms with E-state index in [1.54, 1.807) is 36.4 Å². The van der Waals surface area contributed by atoms with Crippen molar-refractivity contribution >= 4 is 34.8 Å². The number of carbonyl (C=O) groups is 1. The number of anilines is 1. The second-order valence-corrected chi connectivity index (χ2v) is 5.53. The van der Waals surface area contributed by atoms with Gasteiger partial charge in [0.2, 0.25) is 5.91 Å². The monoisotopic (exact) mass is 340 g/mol. The van der Waals surface area contributed by atoms with E-state index in [2.05, 4.69) is 10.6 Å². The highest BCUT2D eigenvalue weighted by Gasteiger charge is 2.06. The Bertz CT molecular complexity index is 664. The van der Waals surface area contributed by atoms with Gasteiger partial charge >= 0.3 is 0 Å². The lowest BCUT2D eigenvalue weighted by molar-refractivity contribution is -0.116. The fourth-order valence-corrected chi connectivity index (χ4v) is 2.33. The summed E-state index contributed by atoms with van der Waals surface area (Å²) in [7, 11) is 0. The van der Waals surface area contributed by atoms with Crippen molar-refractivity contribution in [2.75, 3.05) is 11.9 Å². The zero-order valence-electron chi connectivity index (χ0n) is 11.7. The molecule has 0 aliphatic heterocycles. The summed E-state index contributed by atoms with van der Waals surface area (Å²) in [6.45, 7) is 0.813. The second kappa shape index (κ2) is 8.13. The molecular formula is C16H15Cl2FN2O. The molecule has 0 heterocycles. The third kappa shape index (κ3) is 4.98. The maximum Gasteiger partial charge on any atom is 0.225 e. The molecule has 0 aliphatic carbocycles. The smallest absolute Gasteiger partial charge is 0.225 e. The first kappa shape index (κ1) is 16.7. The molecule has 0 saturated heterocycles. The predicted molar refractivity (Wildman–Crippen MR) is 87.8 cm³/mol. The van der Waals surface area contributed by atoms with Crippen LogP contribution < -0.4 is 10.6 Å². The molecule has 2 aromatic rings. The molecule has 0 saturated carbocycles. The van der Waals surface area contributed by atoms with Crippen molar-refractivity contribution in [1.82, 2.24) is 5.32 Å². The van der Waals surface area contributed by atoms with Crippen molar-refractivity contribution in [3.8, 4) is 0 Å². The van der Waals surface area contributed by atoms with Crippen molar-refractivity contribution in [1.29, 1.82) is 0 Å². The standard InChI is InChI=1S/C16H15Cl2FN2O/c17-12-5-6-15(13(18)9-12)21-16(22)7-8-20-10-11-3-1-2-4-14(11)19/h1-6,9,20H,7-8,10H2,(H,21,22). The van der Waals surface area contributed by atoms with Gasteiger partial charge in [-0.1, -0.05) is 41.4 Å². The molecule has 3 nitrogen and oxygen atoms in total. The summed E-state index contributed by atoms with van der Waals surface area (Å²) in [6, 6.07) is 11.4. The molecule has 0 aromatic heterocycles. The Morgan fingerprint density at radius 2 is 1.91 bits per heavy atom. The lowest BCUT2D eigenvalue weighted by Crippen LogP contribution is -2.22. The van der Waals surface area contributed by atoms with E-state index in [0.717, 1.165) is 0 Å². The van der Waals surface area contributed by atoms with Gasteiger partial charge in [-0.25, -0.2) is 4.39 Å². The minimum Gasteiger partial charge on any atom is -0.325 e. The number of rotatable bonds is 6. The van der Waals surface area contributed by atoms with E-state index < -0.39 is 0 Å². The lowest BCUT2D eigenvalue weighted by atomic mass is 10.2. The molecule has 1 amide bonds. The number of hydrogen-bond donors (Lipinski definition) is 2. The van der Waals surface area contributed by atoms with Crippen LogP contribution in [0.1, 0.15) is 12.0 Å². The average Bonchev–Trinajstić information content (AvgIpc) is 2.48. The minimum absolute atomic E-state index is 0.176. The zero-order chi connectivity index (χ0) is 15.9. The number of benzene rings is 2. The van der Waals surface area contributed by atoms with E-state index in [9.17, 15) is 9.18 Å². The summed E-state index contributed by atoms with van der Waals surface area (Å²) in [4.78, 5) is 11.8. The van der Waals surface area contributed by atoms with Crippen molar-refractivity contribution in [3.63, 3.8) is 0 Å². The highest BCUT2D eigenvalue weighted by Crippen LogP contribution is 2.25. The molecule has 22 heavy (non-hydrogen) atoms. The molecule has 0 aliphatic rings. The van der Waals surface area contributed by atoms with Crippen LogP contribution in [0.3, 0.4) is 0 Å². The molecule has 6 heteroatoms. The normalized spacial score (nSPS) is 10.5. The first-order valence-electron chi connectivity index (χ1n) is 6.75. The van der Waals surface area contributed by atoms with Gasteiger partial charge in [0.25, 0.3) is 0 Å². The van der Waals surface area contributed by atoms with Gasteiger partial charge in [-0.15, -0.1) is 0 Å². The number of carbonyl (C=O) groups excluding carboxylic acids is 1. The summed E-state index contributed by atoms with van der Waals surface area (Å²) < 4.78 is 13.4. The van der Waals surface area contributed by atoms with Crippen LogP contribution in [0.15, 0.2) is 42.5 Å². The summed E-state index contributed by atoms with van der Waals surface area (Å²) in [6.07, 6.45) is 0.257. The van der Waals surface area contributed by atoms with Gasteiger partial charge in [-0.3, -0.25) is 4.79 Å². The Hall–Kier alpha value is -1.62. The van der Waals surface area contributed by atoms with Gasteiger partial charge in [0, 0.05) is 30.1 Å². The van der Waals surface area contributed by atoms with Gasteiger partial charge in [0.15, 0.2) is 0 Å². The minimum atomic E-state index is -0.257. The second-order valence-electron chi connectivity index (χ2n) is 4.69. The zero-order valence-corrected chi connectivity index (χ0v) is 13.2. The SMILES string of the molecule is O=C(CCNCc1ccccc1F)Nc1ccc(Cl)cc1Cl. The highest BCUT2D eigenvalue weighted by atomic mass is 35.5. The summed E-state index contributed by atoms with van der Waals surface area (Å²) >= 11 is 11.8. The third-order valence-electron chi connectivity index (χ3n) is 3.01. The van der Waals surface area contributed by atoms with Crippen molar-refractivity contribution in [2.24, 2.45) is 0 Å². The van der Waals surface area contributed by atoms with E-state index in [0.29, 0.717) is 34.4 Å². The number of hydrogen-bond acceptors (Lipinski definition) is 2. The largest absolute Gasteiger partial charge is 0.325 e. The molecule has 0 fully saturated rings. The molecule has 0 spiro atoms. The van der Waals surface area contributed by atoms with E-state index in [1.165, 1.54) is 6.07 Å². The van der Waals surface area contributed by atoms with Crippen LogP contribution in [0.25, 0.3) is 0 Å². The van der Waals surface area contributed by atoms with Crippen LogP contribution >= 0.6 is 23.2 Å². The third-order valence-corrected chi connectivity index (χ3v) is 3.56. The Balaban J connectivity index is 1.75. The topological polar surface area (TPSA) is 41.1 Å². The van der Waals surface area contributed by atoms with Gasteiger partial charge in [-0.2, -0.15) is 0 Å². The van der Waals surface area contributed by atoms with Crippen LogP contribution in [0.4, 0.5) is 10.1 Å². The van der Waals surface area contributed by atoms with E-state index >= 15 is 0 Å². The van der Waals surface area contributed by atoms with Crippen LogP contribution in [0.5, 0.6) is 0 Å². The van der Waals surface area contributed by atoms with Crippen LogP contribution in [-0.2, 0) is 11.3 Å². The van der Waals surface area contributed by atoms with Gasteiger partial charge < -0.3 is 10.6 Å². The van der Waals surface area contributed by atoms with Crippen LogP contribution in [0, 0.1) is 5.82 Å². The van der Waals surface area contributed by atoms with Crippen LogP contribution in [-0.4, -0.2) is 12.5 Å². The molecule has 2 N–H and O–H groups in total. The fourth-order valence-electron chi connectivity index (χ4n) is 1.87. The molecule has 116 valence electrons. The fraction of sp³-hybridized carbons (Fsp3) is 0.188. The average molecular weight is 341 g/mol. The summed E-state index contributed by atoms with van der Waals surface area (Å²) in [5.74, 6) is -0.433. The van der Waals surface area contributed by atoms with E-state index in [-0.39, 0.29) is 18.1 Å². The van der Waals surface area contributed by atoms with Gasteiger partial charge in [0.05, 0.1) is 10.7 Å². The molecule has 0 unspecified atom stereocenters. The Labute approximate surface area is 138 Å². The van der Waals surface area contributed by atoms with Crippen molar-refractivity contribution < 1.29 is 9.18 Å². The van der Waals surface area contributed by atoms with E-state index in [1.807, 2.05) is 0 Å². The van der Waals surface area contributed by atoms with Gasteiger partial charge in [0.1, 0.15) is 5.82 Å². The maximum absolute atomic E-state index is 13.4. The first-order chi connectivity index (χ1) is 10.6. The number of amides is 1. The van der Waals surface area contributed by atoms with E-state index in [4.69, 9.17) is 23.2 Å². The van der Waals surface area contributed by atoms with Crippen molar-refractivity contribution in [3.05, 3.63) is 63.9 Å². The summed E-state index contributed by atoms with van der Waals surface area (Å²) in [5.41, 5.74) is 1.09. The lowest BCUT2D eigenvalue weighted by Gasteiger charge is -2.08. The van der Waals surface area contributed by atoms with Crippen LogP contribution in [0.2, 0.25) is 10.0 Å². The maximum atomic E-state index is 13.4. The Morgan fingerprint density at radius 1 is 1.14 bits per heavy atom. The number of halogens is 3. The quantitative estimate of drug-likeness (QED) is 0.771. The molecular weight excluding hydrogens is 326 g/mol. The molecule has 0 bridgehead atoms. The van der Waals surface area contributed by atoms with Crippen molar-refractivity contribution in [2.45, 2.75) is 13.0 Å².